The fourth-order valence-corrected chi connectivity index (χ4v) is 2.96. The summed E-state index contributed by atoms with van der Waals surface area (Å²) < 4.78 is 0. The van der Waals surface area contributed by atoms with Gasteiger partial charge in [0.25, 0.3) is 0 Å². The number of aryl methyl sites for hydroxylation is 1. The number of carbonyl (C=O) groups is 1. The van der Waals surface area contributed by atoms with Crippen LogP contribution in [0.1, 0.15) is 12.5 Å². The van der Waals surface area contributed by atoms with Crippen LogP contribution in [-0.2, 0) is 0 Å². The largest absolute Gasteiger partial charge is 0.338 e. The molecule has 0 radical (unpaired) electrons. The van der Waals surface area contributed by atoms with Crippen LogP contribution in [-0.4, -0.2) is 62.1 Å². The van der Waals surface area contributed by atoms with Crippen molar-refractivity contribution in [3.63, 3.8) is 0 Å². The second-order valence-corrected chi connectivity index (χ2v) is 6.94. The van der Waals surface area contributed by atoms with Crippen molar-refractivity contribution in [3.05, 3.63) is 28.8 Å². The van der Waals surface area contributed by atoms with Gasteiger partial charge >= 0.3 is 6.03 Å². The monoisotopic (exact) mass is 338 g/mol. The van der Waals surface area contributed by atoms with Crippen molar-refractivity contribution in [3.8, 4) is 0 Å². The van der Waals surface area contributed by atoms with Crippen LogP contribution in [0.5, 0.6) is 0 Å². The molecule has 5 nitrogen and oxygen atoms in total. The van der Waals surface area contributed by atoms with Crippen LogP contribution in [0.25, 0.3) is 0 Å². The number of amides is 2. The minimum Gasteiger partial charge on any atom is -0.338 e. The third kappa shape index (κ3) is 6.01. The zero-order valence-corrected chi connectivity index (χ0v) is 15.0. The number of piperazine rings is 1. The number of nitrogens with one attached hydrogen (secondary N) is 2. The predicted octanol–water partition coefficient (Wildman–Crippen LogP) is 2.65. The Morgan fingerprint density at radius 3 is 2.65 bits per heavy atom. The molecule has 0 unspecified atom stereocenters. The van der Waals surface area contributed by atoms with Gasteiger partial charge in [0.1, 0.15) is 0 Å². The van der Waals surface area contributed by atoms with Crippen LogP contribution in [0, 0.1) is 12.8 Å². The second-order valence-electron chi connectivity index (χ2n) is 6.50. The molecule has 0 aliphatic carbocycles. The molecule has 1 aliphatic rings. The lowest BCUT2D eigenvalue weighted by Crippen LogP contribution is -2.47. The molecule has 1 fully saturated rings. The summed E-state index contributed by atoms with van der Waals surface area (Å²) in [5.41, 5.74) is 1.75. The van der Waals surface area contributed by atoms with Crippen LogP contribution in [0.4, 0.5) is 10.5 Å². The van der Waals surface area contributed by atoms with Crippen LogP contribution in [0.15, 0.2) is 18.2 Å². The molecule has 1 heterocycles. The van der Waals surface area contributed by atoms with Gasteiger partial charge in [-0.25, -0.2) is 4.79 Å². The molecule has 0 spiro atoms. The maximum absolute atomic E-state index is 12.0. The van der Waals surface area contributed by atoms with E-state index in [1.165, 1.54) is 0 Å². The number of hydrogen-bond acceptors (Lipinski definition) is 3. The highest BCUT2D eigenvalue weighted by atomic mass is 35.5. The van der Waals surface area contributed by atoms with Crippen molar-refractivity contribution in [1.29, 1.82) is 0 Å². The lowest BCUT2D eigenvalue weighted by molar-refractivity contribution is 0.138. The Kier molecular flexibility index (Phi) is 6.69. The van der Waals surface area contributed by atoms with E-state index >= 15 is 0 Å². The summed E-state index contributed by atoms with van der Waals surface area (Å²) in [7, 11) is 2.16. The molecule has 0 bridgehead atoms. The predicted molar refractivity (Wildman–Crippen MR) is 96.3 cm³/mol. The van der Waals surface area contributed by atoms with Crippen molar-refractivity contribution in [1.82, 2.24) is 15.1 Å². The van der Waals surface area contributed by atoms with E-state index in [0.29, 0.717) is 17.5 Å². The third-order valence-electron chi connectivity index (χ3n) is 4.21. The molecule has 1 atom stereocenters. The summed E-state index contributed by atoms with van der Waals surface area (Å²) >= 11 is 5.92. The summed E-state index contributed by atoms with van der Waals surface area (Å²) in [6, 6.07) is 5.28. The fraction of sp³-hybridized carbons (Fsp3) is 0.588. The number of rotatable bonds is 5. The van der Waals surface area contributed by atoms with Gasteiger partial charge in [0.15, 0.2) is 0 Å². The van der Waals surface area contributed by atoms with E-state index in [-0.39, 0.29) is 6.03 Å². The molecule has 0 saturated carbocycles. The zero-order chi connectivity index (χ0) is 16.8. The van der Waals surface area contributed by atoms with Gasteiger partial charge in [0.2, 0.25) is 0 Å². The van der Waals surface area contributed by atoms with E-state index < -0.39 is 0 Å². The highest BCUT2D eigenvalue weighted by Crippen LogP contribution is 2.19. The summed E-state index contributed by atoms with van der Waals surface area (Å²) in [6.07, 6.45) is 0. The number of anilines is 1. The lowest BCUT2D eigenvalue weighted by Gasteiger charge is -2.33. The first kappa shape index (κ1) is 18.0. The first-order chi connectivity index (χ1) is 10.9. The highest BCUT2D eigenvalue weighted by molar-refractivity contribution is 6.30. The topological polar surface area (TPSA) is 47.6 Å². The quantitative estimate of drug-likeness (QED) is 0.867. The number of likely N-dealkylation sites (N-methyl/N-ethyl adjacent to an activating group) is 1. The van der Waals surface area contributed by atoms with Crippen LogP contribution in [0.3, 0.4) is 0 Å². The van der Waals surface area contributed by atoms with Crippen LogP contribution in [0.2, 0.25) is 5.02 Å². The molecule has 2 rings (SSSR count). The maximum Gasteiger partial charge on any atom is 0.319 e. The van der Waals surface area contributed by atoms with Crippen molar-refractivity contribution in [2.75, 3.05) is 51.6 Å². The Morgan fingerprint density at radius 1 is 1.30 bits per heavy atom. The smallest absolute Gasteiger partial charge is 0.319 e. The van der Waals surface area contributed by atoms with Gasteiger partial charge in [-0.2, -0.15) is 0 Å². The molecule has 23 heavy (non-hydrogen) atoms. The Morgan fingerprint density at radius 2 is 2.00 bits per heavy atom. The third-order valence-corrected chi connectivity index (χ3v) is 4.45. The Bertz CT molecular complexity index is 529. The standard InChI is InChI=1S/C17H27ClN4O/c1-13(12-22-8-6-21(3)7-9-22)11-19-17(23)20-16-5-4-15(18)10-14(16)2/h4-5,10,13H,6-9,11-12H2,1-3H3,(H2,19,20,23)/t13-/m1/s1. The van der Waals surface area contributed by atoms with E-state index in [1.807, 2.05) is 19.1 Å². The molecule has 1 aromatic carbocycles. The van der Waals surface area contributed by atoms with E-state index in [2.05, 4.69) is 34.4 Å². The first-order valence-corrected chi connectivity index (χ1v) is 8.53. The normalized spacial score (nSPS) is 17.7. The number of urea groups is 1. The summed E-state index contributed by atoms with van der Waals surface area (Å²) in [5.74, 6) is 0.426. The maximum atomic E-state index is 12.0. The SMILES string of the molecule is Cc1cc(Cl)ccc1NC(=O)NC[C@@H](C)CN1CCN(C)CC1. The zero-order valence-electron chi connectivity index (χ0n) is 14.2. The molecule has 0 aromatic heterocycles. The van der Waals surface area contributed by atoms with Crippen molar-refractivity contribution < 1.29 is 4.79 Å². The highest BCUT2D eigenvalue weighted by Gasteiger charge is 2.16. The van der Waals surface area contributed by atoms with Gasteiger partial charge in [-0.3, -0.25) is 0 Å². The van der Waals surface area contributed by atoms with Gasteiger partial charge in [0, 0.05) is 50.0 Å². The lowest BCUT2D eigenvalue weighted by atomic mass is 10.1. The summed E-state index contributed by atoms with van der Waals surface area (Å²) in [6.45, 7) is 10.3. The molecular formula is C17H27ClN4O. The molecule has 1 aliphatic heterocycles. The number of hydrogen-bond donors (Lipinski definition) is 2. The van der Waals surface area contributed by atoms with E-state index in [0.717, 1.165) is 44.0 Å². The minimum absolute atomic E-state index is 0.166. The van der Waals surface area contributed by atoms with Gasteiger partial charge in [-0.15, -0.1) is 0 Å². The van der Waals surface area contributed by atoms with Gasteiger partial charge in [-0.05, 0) is 43.7 Å². The van der Waals surface area contributed by atoms with Gasteiger partial charge < -0.3 is 20.4 Å². The fourth-order valence-electron chi connectivity index (χ4n) is 2.74. The van der Waals surface area contributed by atoms with Crippen molar-refractivity contribution in [2.45, 2.75) is 13.8 Å². The summed E-state index contributed by atoms with van der Waals surface area (Å²) in [4.78, 5) is 16.8. The molecule has 1 saturated heterocycles. The molecule has 2 amide bonds. The molecule has 1 aromatic rings. The Hall–Kier alpha value is -1.30. The van der Waals surface area contributed by atoms with Gasteiger partial charge in [0.05, 0.1) is 0 Å². The van der Waals surface area contributed by atoms with Gasteiger partial charge in [-0.1, -0.05) is 18.5 Å². The molecule has 128 valence electrons. The molecule has 6 heteroatoms. The number of halogens is 1. The van der Waals surface area contributed by atoms with Crippen molar-refractivity contribution >= 4 is 23.3 Å². The van der Waals surface area contributed by atoms with Crippen molar-refractivity contribution in [2.24, 2.45) is 5.92 Å². The Labute approximate surface area is 144 Å². The average molecular weight is 339 g/mol. The number of benzene rings is 1. The molecule has 2 N–H and O–H groups in total. The van der Waals surface area contributed by atoms with E-state index in [9.17, 15) is 4.79 Å². The minimum atomic E-state index is -0.166. The van der Waals surface area contributed by atoms with E-state index in [1.54, 1.807) is 6.07 Å². The second kappa shape index (κ2) is 8.52. The average Bonchev–Trinajstić information content (AvgIpc) is 2.50. The van der Waals surface area contributed by atoms with E-state index in [4.69, 9.17) is 11.6 Å². The number of nitrogens with zero attached hydrogens (tertiary/aromatic N) is 2. The summed E-state index contributed by atoms with van der Waals surface area (Å²) in [5, 5.41) is 6.50. The Balaban J connectivity index is 1.71. The number of carbonyl (C=O) groups excluding carboxylic acids is 1. The molecular weight excluding hydrogens is 312 g/mol. The van der Waals surface area contributed by atoms with Crippen LogP contribution >= 0.6 is 11.6 Å². The first-order valence-electron chi connectivity index (χ1n) is 8.16. The van der Waals surface area contributed by atoms with Crippen LogP contribution < -0.4 is 10.6 Å².